The van der Waals surface area contributed by atoms with E-state index in [1.807, 2.05) is 6.92 Å². The van der Waals surface area contributed by atoms with E-state index in [9.17, 15) is 9.59 Å². The van der Waals surface area contributed by atoms with E-state index >= 15 is 0 Å². The number of ether oxygens (including phenoxy) is 3. The van der Waals surface area contributed by atoms with Crippen LogP contribution in [0.15, 0.2) is 30.9 Å². The smallest absolute Gasteiger partial charge is 0.338 e. The molecule has 0 aliphatic carbocycles. The van der Waals surface area contributed by atoms with Crippen molar-refractivity contribution in [3.63, 3.8) is 0 Å². The molecule has 6 heteroatoms. The van der Waals surface area contributed by atoms with Crippen LogP contribution < -0.4 is 14.8 Å². The summed E-state index contributed by atoms with van der Waals surface area (Å²) in [5.41, 5.74) is 0.284. The molecular formula is C15H19NO5. The van der Waals surface area contributed by atoms with Gasteiger partial charge in [0.1, 0.15) is 0 Å². The van der Waals surface area contributed by atoms with Crippen molar-refractivity contribution in [2.75, 3.05) is 26.9 Å². The fourth-order valence-electron chi connectivity index (χ4n) is 1.52. The third-order valence-corrected chi connectivity index (χ3v) is 2.48. The van der Waals surface area contributed by atoms with Gasteiger partial charge in [-0.15, -0.1) is 6.58 Å². The Bertz CT molecular complexity index is 513. The number of carbonyl (C=O) groups excluding carboxylic acids is 2. The largest absolute Gasteiger partial charge is 0.493 e. The number of nitrogens with one attached hydrogen (secondary N) is 1. The number of carbonyl (C=O) groups is 2. The van der Waals surface area contributed by atoms with E-state index in [0.717, 1.165) is 0 Å². The van der Waals surface area contributed by atoms with Gasteiger partial charge in [-0.05, 0) is 25.1 Å². The quantitative estimate of drug-likeness (QED) is 0.581. The second-order valence-corrected chi connectivity index (χ2v) is 3.97. The molecule has 0 aromatic heterocycles. The number of benzene rings is 1. The van der Waals surface area contributed by atoms with Crippen molar-refractivity contribution in [3.05, 3.63) is 36.4 Å². The van der Waals surface area contributed by atoms with Gasteiger partial charge < -0.3 is 19.5 Å². The highest BCUT2D eigenvalue weighted by molar-refractivity contribution is 5.92. The molecule has 0 aliphatic heterocycles. The van der Waals surface area contributed by atoms with Gasteiger partial charge in [0.2, 0.25) is 0 Å². The number of amides is 1. The zero-order chi connectivity index (χ0) is 15.7. The molecule has 1 rings (SSSR count). The molecule has 0 fully saturated rings. The average Bonchev–Trinajstić information content (AvgIpc) is 2.51. The maximum absolute atomic E-state index is 11.8. The lowest BCUT2D eigenvalue weighted by molar-refractivity contribution is -0.124. The summed E-state index contributed by atoms with van der Waals surface area (Å²) in [5.74, 6) is -0.0195. The van der Waals surface area contributed by atoms with Crippen molar-refractivity contribution in [2.24, 2.45) is 0 Å². The van der Waals surface area contributed by atoms with Gasteiger partial charge in [0.25, 0.3) is 5.91 Å². The molecule has 0 atom stereocenters. The molecule has 0 saturated heterocycles. The molecular weight excluding hydrogens is 274 g/mol. The maximum Gasteiger partial charge on any atom is 0.338 e. The fraction of sp³-hybridized carbons (Fsp3) is 0.333. The Morgan fingerprint density at radius 2 is 2.10 bits per heavy atom. The van der Waals surface area contributed by atoms with Crippen LogP contribution >= 0.6 is 0 Å². The zero-order valence-electron chi connectivity index (χ0n) is 12.2. The van der Waals surface area contributed by atoms with Crippen LogP contribution in [-0.2, 0) is 9.53 Å². The van der Waals surface area contributed by atoms with Crippen LogP contribution in [-0.4, -0.2) is 38.7 Å². The van der Waals surface area contributed by atoms with Gasteiger partial charge in [-0.3, -0.25) is 4.79 Å². The molecule has 0 bridgehead atoms. The molecule has 1 aromatic carbocycles. The van der Waals surface area contributed by atoms with Crippen molar-refractivity contribution in [1.29, 1.82) is 0 Å². The van der Waals surface area contributed by atoms with Crippen LogP contribution in [0, 0.1) is 0 Å². The summed E-state index contributed by atoms with van der Waals surface area (Å²) in [6.45, 7) is 5.79. The first kappa shape index (κ1) is 16.6. The second kappa shape index (κ2) is 8.63. The molecule has 0 radical (unpaired) electrons. The lowest BCUT2D eigenvalue weighted by atomic mass is 10.2. The van der Waals surface area contributed by atoms with E-state index in [0.29, 0.717) is 24.7 Å². The van der Waals surface area contributed by atoms with Gasteiger partial charge in [-0.1, -0.05) is 6.08 Å². The van der Waals surface area contributed by atoms with Gasteiger partial charge in [0.05, 0.1) is 19.3 Å². The lowest BCUT2D eigenvalue weighted by Gasteiger charge is -2.10. The Kier molecular flexibility index (Phi) is 6.80. The van der Waals surface area contributed by atoms with Crippen LogP contribution in [0.4, 0.5) is 0 Å². The number of methoxy groups -OCH3 is 1. The Morgan fingerprint density at radius 3 is 2.71 bits per heavy atom. The third kappa shape index (κ3) is 5.18. The van der Waals surface area contributed by atoms with Crippen molar-refractivity contribution < 1.29 is 23.8 Å². The molecule has 0 unspecified atom stereocenters. The minimum absolute atomic E-state index is 0.284. The highest BCUT2D eigenvalue weighted by Gasteiger charge is 2.13. The van der Waals surface area contributed by atoms with Gasteiger partial charge in [0.15, 0.2) is 18.1 Å². The highest BCUT2D eigenvalue weighted by Crippen LogP contribution is 2.28. The standard InChI is InChI=1S/C15H19NO5/c1-4-8-16-14(17)10-21-15(18)11-6-7-12(20-5-2)13(9-11)19-3/h4,6-7,9H,1,5,8,10H2,2-3H3,(H,16,17). The van der Waals surface area contributed by atoms with E-state index in [1.54, 1.807) is 12.1 Å². The molecule has 21 heavy (non-hydrogen) atoms. The number of hydrogen-bond donors (Lipinski definition) is 1. The first-order chi connectivity index (χ1) is 10.1. The van der Waals surface area contributed by atoms with Crippen molar-refractivity contribution in [1.82, 2.24) is 5.32 Å². The Balaban J connectivity index is 2.65. The molecule has 6 nitrogen and oxygen atoms in total. The first-order valence-electron chi connectivity index (χ1n) is 6.47. The van der Waals surface area contributed by atoms with Crippen LogP contribution in [0.2, 0.25) is 0 Å². The summed E-state index contributed by atoms with van der Waals surface area (Å²) in [7, 11) is 1.48. The molecule has 0 heterocycles. The van der Waals surface area contributed by atoms with Crippen molar-refractivity contribution in [3.8, 4) is 11.5 Å². The summed E-state index contributed by atoms with van der Waals surface area (Å²) in [4.78, 5) is 23.2. The lowest BCUT2D eigenvalue weighted by Crippen LogP contribution is -2.28. The highest BCUT2D eigenvalue weighted by atomic mass is 16.5. The van der Waals surface area contributed by atoms with Crippen LogP contribution in [0.25, 0.3) is 0 Å². The van der Waals surface area contributed by atoms with E-state index in [2.05, 4.69) is 11.9 Å². The predicted molar refractivity (Wildman–Crippen MR) is 77.7 cm³/mol. The summed E-state index contributed by atoms with van der Waals surface area (Å²) in [6, 6.07) is 4.68. The monoisotopic (exact) mass is 293 g/mol. The number of hydrogen-bond acceptors (Lipinski definition) is 5. The van der Waals surface area contributed by atoms with E-state index in [-0.39, 0.29) is 18.1 Å². The molecule has 1 amide bonds. The summed E-state index contributed by atoms with van der Waals surface area (Å²) >= 11 is 0. The topological polar surface area (TPSA) is 73.9 Å². The maximum atomic E-state index is 11.8. The molecule has 1 N–H and O–H groups in total. The fourth-order valence-corrected chi connectivity index (χ4v) is 1.52. The number of esters is 1. The molecule has 114 valence electrons. The normalized spacial score (nSPS) is 9.62. The third-order valence-electron chi connectivity index (χ3n) is 2.48. The van der Waals surface area contributed by atoms with E-state index in [4.69, 9.17) is 14.2 Å². The first-order valence-corrected chi connectivity index (χ1v) is 6.47. The van der Waals surface area contributed by atoms with Crippen LogP contribution in [0.3, 0.4) is 0 Å². The molecule has 0 aliphatic rings. The van der Waals surface area contributed by atoms with E-state index in [1.165, 1.54) is 19.3 Å². The predicted octanol–water partition coefficient (Wildman–Crippen LogP) is 1.55. The summed E-state index contributed by atoms with van der Waals surface area (Å²) < 4.78 is 15.4. The molecule has 1 aromatic rings. The molecule has 0 saturated carbocycles. The van der Waals surface area contributed by atoms with Crippen LogP contribution in [0.1, 0.15) is 17.3 Å². The zero-order valence-corrected chi connectivity index (χ0v) is 12.2. The summed E-state index contributed by atoms with van der Waals surface area (Å²) in [5, 5.41) is 2.51. The second-order valence-electron chi connectivity index (χ2n) is 3.97. The van der Waals surface area contributed by atoms with E-state index < -0.39 is 5.97 Å². The summed E-state index contributed by atoms with van der Waals surface area (Å²) in [6.07, 6.45) is 1.54. The van der Waals surface area contributed by atoms with Gasteiger partial charge in [-0.2, -0.15) is 0 Å². The Hall–Kier alpha value is -2.50. The van der Waals surface area contributed by atoms with Gasteiger partial charge in [0, 0.05) is 6.54 Å². The SMILES string of the molecule is C=CCNC(=O)COC(=O)c1ccc(OCC)c(OC)c1. The Labute approximate surface area is 123 Å². The Morgan fingerprint density at radius 1 is 1.33 bits per heavy atom. The van der Waals surface area contributed by atoms with Gasteiger partial charge >= 0.3 is 5.97 Å². The van der Waals surface area contributed by atoms with Gasteiger partial charge in [-0.25, -0.2) is 4.79 Å². The minimum atomic E-state index is -0.606. The van der Waals surface area contributed by atoms with Crippen molar-refractivity contribution in [2.45, 2.75) is 6.92 Å². The van der Waals surface area contributed by atoms with Crippen molar-refractivity contribution >= 4 is 11.9 Å². The average molecular weight is 293 g/mol. The minimum Gasteiger partial charge on any atom is -0.493 e. The van der Waals surface area contributed by atoms with Crippen LogP contribution in [0.5, 0.6) is 11.5 Å². The molecule has 0 spiro atoms. The number of rotatable bonds is 8.